The lowest BCUT2D eigenvalue weighted by Gasteiger charge is -2.49. The number of benzene rings is 2. The number of thioether (sulfide) groups is 1. The monoisotopic (exact) mass is 533 g/mol. The van der Waals surface area contributed by atoms with Crippen LogP contribution in [-0.4, -0.2) is 67.4 Å². The van der Waals surface area contributed by atoms with Crippen molar-refractivity contribution in [3.05, 3.63) is 88.6 Å². The number of carboxylic acids is 1. The Labute approximate surface area is 223 Å². The highest BCUT2D eigenvalue weighted by Gasteiger charge is 2.54. The minimum Gasteiger partial charge on any atom is -0.508 e. The molecule has 0 unspecified atom stereocenters. The molecule has 0 bridgehead atoms. The Morgan fingerprint density at radius 2 is 1.84 bits per heavy atom. The number of carbonyl (C=O) groups excluding carboxylic acids is 3. The van der Waals surface area contributed by atoms with E-state index in [0.717, 1.165) is 11.1 Å². The van der Waals surface area contributed by atoms with Crippen molar-refractivity contribution in [1.82, 2.24) is 15.1 Å². The van der Waals surface area contributed by atoms with E-state index < -0.39 is 23.3 Å². The van der Waals surface area contributed by atoms with Crippen LogP contribution >= 0.6 is 11.8 Å². The zero-order valence-electron chi connectivity index (χ0n) is 20.5. The number of fused-ring (bicyclic) bond motifs is 1. The number of hydrogen-bond donors (Lipinski definition) is 3. The number of nitrogens with zero attached hydrogens (tertiary/aromatic N) is 2. The molecule has 2 saturated heterocycles. The number of phenols is 1. The zero-order valence-corrected chi connectivity index (χ0v) is 21.3. The molecule has 0 radical (unpaired) electrons. The fourth-order valence-corrected chi connectivity index (χ4v) is 6.25. The van der Waals surface area contributed by atoms with Gasteiger partial charge < -0.3 is 20.4 Å². The molecular weight excluding hydrogens is 506 g/mol. The topological polar surface area (TPSA) is 127 Å². The van der Waals surface area contributed by atoms with Gasteiger partial charge in [0, 0.05) is 30.8 Å². The number of hydrogen-bond acceptors (Lipinski definition) is 6. The van der Waals surface area contributed by atoms with E-state index in [2.05, 4.69) is 5.32 Å². The normalized spacial score (nSPS) is 21.9. The van der Waals surface area contributed by atoms with Crippen molar-refractivity contribution in [2.75, 3.05) is 12.3 Å². The van der Waals surface area contributed by atoms with E-state index in [9.17, 15) is 29.4 Å². The van der Waals surface area contributed by atoms with E-state index in [-0.39, 0.29) is 29.7 Å². The molecule has 0 aliphatic carbocycles. The second-order valence-electron chi connectivity index (χ2n) is 9.44. The molecule has 196 valence electrons. The summed E-state index contributed by atoms with van der Waals surface area (Å²) < 4.78 is 0. The van der Waals surface area contributed by atoms with E-state index in [1.54, 1.807) is 29.2 Å². The maximum absolute atomic E-state index is 13.0. The van der Waals surface area contributed by atoms with E-state index >= 15 is 0 Å². The third-order valence-electron chi connectivity index (χ3n) is 6.85. The molecule has 38 heavy (non-hydrogen) atoms. The Hall–Kier alpha value is -4.05. The lowest BCUT2D eigenvalue weighted by Crippen LogP contribution is -2.70. The molecule has 0 spiro atoms. The molecule has 0 saturated carbocycles. The summed E-state index contributed by atoms with van der Waals surface area (Å²) in [7, 11) is 0. The predicted molar refractivity (Wildman–Crippen MR) is 141 cm³/mol. The van der Waals surface area contributed by atoms with Crippen LogP contribution in [0.5, 0.6) is 5.75 Å². The molecule has 5 rings (SSSR count). The summed E-state index contributed by atoms with van der Waals surface area (Å²) in [6.45, 7) is 0.813. The van der Waals surface area contributed by atoms with Crippen LogP contribution in [-0.2, 0) is 32.1 Å². The molecule has 2 aromatic rings. The van der Waals surface area contributed by atoms with Gasteiger partial charge in [0.25, 0.3) is 5.91 Å². The maximum atomic E-state index is 13.0. The Kier molecular flexibility index (Phi) is 7.24. The Morgan fingerprint density at radius 3 is 2.58 bits per heavy atom. The van der Waals surface area contributed by atoms with Crippen LogP contribution in [0.4, 0.5) is 0 Å². The lowest BCUT2D eigenvalue weighted by molar-refractivity contribution is -0.150. The van der Waals surface area contributed by atoms with Crippen LogP contribution in [0.1, 0.15) is 24.0 Å². The van der Waals surface area contributed by atoms with Gasteiger partial charge in [-0.15, -0.1) is 11.8 Å². The summed E-state index contributed by atoms with van der Waals surface area (Å²) in [4.78, 5) is 53.5. The molecule has 0 aromatic heterocycles. The van der Waals surface area contributed by atoms with E-state index in [1.807, 2.05) is 36.4 Å². The number of aryl methyl sites for hydroxylation is 1. The van der Waals surface area contributed by atoms with Crippen molar-refractivity contribution in [2.24, 2.45) is 0 Å². The lowest BCUT2D eigenvalue weighted by atomic mass is 10.0. The van der Waals surface area contributed by atoms with Gasteiger partial charge in [0.2, 0.25) is 11.8 Å². The van der Waals surface area contributed by atoms with Crippen LogP contribution in [0.15, 0.2) is 77.5 Å². The summed E-state index contributed by atoms with van der Waals surface area (Å²) in [5.41, 5.74) is 2.57. The first-order valence-electron chi connectivity index (χ1n) is 12.3. The Bertz CT molecular complexity index is 1360. The van der Waals surface area contributed by atoms with Crippen molar-refractivity contribution < 1.29 is 29.4 Å². The average Bonchev–Trinajstić information content (AvgIpc) is 3.24. The molecule has 2 fully saturated rings. The number of aromatic hydroxyl groups is 1. The SMILES string of the molecule is O=C(CCc1ccccc1)N[C@@H]1C(=O)N2C(C(=O)O)=C(C=C3CCN(Cc4cccc(O)c4)C3=O)CS[C@H]12. The number of likely N-dealkylation sites (tertiary alicyclic amines) is 1. The number of β-lactam (4-membered cyclic amide) rings is 1. The largest absolute Gasteiger partial charge is 0.508 e. The fraction of sp³-hybridized carbons (Fsp3) is 0.286. The van der Waals surface area contributed by atoms with Gasteiger partial charge in [-0.3, -0.25) is 19.3 Å². The molecule has 9 nitrogen and oxygen atoms in total. The molecule has 3 aliphatic heterocycles. The smallest absolute Gasteiger partial charge is 0.352 e. The Balaban J connectivity index is 1.26. The van der Waals surface area contributed by atoms with Gasteiger partial charge in [-0.05, 0) is 47.8 Å². The second-order valence-corrected chi connectivity index (χ2v) is 10.5. The van der Waals surface area contributed by atoms with Gasteiger partial charge >= 0.3 is 5.97 Å². The average molecular weight is 534 g/mol. The van der Waals surface area contributed by atoms with Gasteiger partial charge in [0.15, 0.2) is 0 Å². The number of phenolic OH excluding ortho intramolecular Hbond substituents is 1. The minimum atomic E-state index is -1.24. The highest BCUT2D eigenvalue weighted by Crippen LogP contribution is 2.41. The molecule has 3 heterocycles. The molecule has 2 aromatic carbocycles. The third-order valence-corrected chi connectivity index (χ3v) is 8.15. The first kappa shape index (κ1) is 25.6. The van der Waals surface area contributed by atoms with Crippen LogP contribution in [0, 0.1) is 0 Å². The summed E-state index contributed by atoms with van der Waals surface area (Å²) in [5.74, 6) is -1.74. The second kappa shape index (κ2) is 10.7. The summed E-state index contributed by atoms with van der Waals surface area (Å²) in [6.07, 6.45) is 2.82. The van der Waals surface area contributed by atoms with Crippen LogP contribution in [0.2, 0.25) is 0 Å². The van der Waals surface area contributed by atoms with Crippen LogP contribution in [0.3, 0.4) is 0 Å². The van der Waals surface area contributed by atoms with Crippen molar-refractivity contribution in [2.45, 2.75) is 37.2 Å². The van der Waals surface area contributed by atoms with Crippen molar-refractivity contribution in [3.8, 4) is 5.75 Å². The number of carbonyl (C=O) groups is 4. The third kappa shape index (κ3) is 5.17. The standard InChI is InChI=1S/C28H27N3O6S/c32-21-8-4-7-18(13-21)15-30-12-11-19(25(30)34)14-20-16-38-27-23(26(35)31(27)24(20)28(36)37)29-22(33)10-9-17-5-2-1-3-6-17/h1-8,13-14,23,27,32H,9-12,15-16H2,(H,29,33)(H,36,37)/t23-,27-/m1/s1. The van der Waals surface area contributed by atoms with Crippen molar-refractivity contribution in [3.63, 3.8) is 0 Å². The van der Waals surface area contributed by atoms with Gasteiger partial charge in [-0.25, -0.2) is 4.79 Å². The van der Waals surface area contributed by atoms with Crippen LogP contribution < -0.4 is 5.32 Å². The van der Waals surface area contributed by atoms with E-state index in [1.165, 1.54) is 16.7 Å². The number of amides is 3. The quantitative estimate of drug-likeness (QED) is 0.351. The summed E-state index contributed by atoms with van der Waals surface area (Å²) in [5, 5.41) is 21.9. The van der Waals surface area contributed by atoms with Crippen LogP contribution in [0.25, 0.3) is 0 Å². The van der Waals surface area contributed by atoms with Crippen molar-refractivity contribution >= 4 is 35.5 Å². The van der Waals surface area contributed by atoms with E-state index in [0.29, 0.717) is 42.8 Å². The van der Waals surface area contributed by atoms with Gasteiger partial charge in [-0.1, -0.05) is 42.5 Å². The highest BCUT2D eigenvalue weighted by molar-refractivity contribution is 8.00. The Morgan fingerprint density at radius 1 is 1.08 bits per heavy atom. The van der Waals surface area contributed by atoms with Gasteiger partial charge in [0.05, 0.1) is 0 Å². The molecule has 3 amide bonds. The maximum Gasteiger partial charge on any atom is 0.352 e. The van der Waals surface area contributed by atoms with E-state index in [4.69, 9.17) is 0 Å². The number of nitrogens with one attached hydrogen (secondary N) is 1. The fourth-order valence-electron chi connectivity index (χ4n) is 4.94. The van der Waals surface area contributed by atoms with Gasteiger partial charge in [-0.2, -0.15) is 0 Å². The number of allylic oxidation sites excluding steroid dienone is 1. The molecule has 3 N–H and O–H groups in total. The van der Waals surface area contributed by atoms with Gasteiger partial charge in [0.1, 0.15) is 22.9 Å². The zero-order chi connectivity index (χ0) is 26.8. The first-order chi connectivity index (χ1) is 18.3. The predicted octanol–water partition coefficient (Wildman–Crippen LogP) is 2.42. The molecular formula is C28H27N3O6S. The highest BCUT2D eigenvalue weighted by atomic mass is 32.2. The molecule has 3 aliphatic rings. The molecule has 2 atom stereocenters. The summed E-state index contributed by atoms with van der Waals surface area (Å²) >= 11 is 1.37. The summed E-state index contributed by atoms with van der Waals surface area (Å²) in [6, 6.07) is 15.5. The number of rotatable bonds is 8. The van der Waals surface area contributed by atoms with Crippen molar-refractivity contribution in [1.29, 1.82) is 0 Å². The number of carboxylic acid groups (broad SMARTS) is 1. The minimum absolute atomic E-state index is 0.125. The molecule has 10 heteroatoms. The first-order valence-corrected chi connectivity index (χ1v) is 13.4. The number of aliphatic carboxylic acids is 1.